The van der Waals surface area contributed by atoms with Gasteiger partial charge < -0.3 is 10.1 Å². The summed E-state index contributed by atoms with van der Waals surface area (Å²) in [6, 6.07) is 6.60. The lowest BCUT2D eigenvalue weighted by Gasteiger charge is -2.13. The minimum Gasteiger partial charge on any atom is -0.495 e. The van der Waals surface area contributed by atoms with E-state index in [-0.39, 0.29) is 28.4 Å². The summed E-state index contributed by atoms with van der Waals surface area (Å²) in [5.41, 5.74) is -1.89. The Morgan fingerprint density at radius 1 is 1.26 bits per heavy atom. The van der Waals surface area contributed by atoms with Crippen molar-refractivity contribution in [3.8, 4) is 5.75 Å². The molecule has 0 atom stereocenters. The number of aromatic nitrogens is 3. The summed E-state index contributed by atoms with van der Waals surface area (Å²) in [6.45, 7) is 1.44. The number of methoxy groups -OCH3 is 1. The number of nitrogens with zero attached hydrogens (tertiary/aromatic N) is 2. The highest BCUT2D eigenvalue weighted by Gasteiger charge is 2.40. The van der Waals surface area contributed by atoms with E-state index in [1.165, 1.54) is 14.0 Å². The number of aryl methyl sites for hydroxylation is 1. The fourth-order valence-corrected chi connectivity index (χ4v) is 4.21. The van der Waals surface area contributed by atoms with Gasteiger partial charge in [0.05, 0.1) is 18.5 Å². The van der Waals surface area contributed by atoms with Gasteiger partial charge in [-0.3, -0.25) is 14.7 Å². The van der Waals surface area contributed by atoms with Crippen LogP contribution < -0.4 is 15.6 Å². The molecule has 0 spiro atoms. The first-order valence-corrected chi connectivity index (χ1v) is 9.89. The first-order chi connectivity index (χ1) is 14.7. The van der Waals surface area contributed by atoms with Crippen LogP contribution in [0.4, 0.5) is 18.9 Å². The number of amides is 1. The Balaban J connectivity index is 1.85. The second kappa shape index (κ2) is 7.75. The summed E-state index contributed by atoms with van der Waals surface area (Å²) in [5, 5.41) is 4.75. The highest BCUT2D eigenvalue weighted by Crippen LogP contribution is 2.42. The first-order valence-electron chi connectivity index (χ1n) is 9.89. The molecule has 1 aliphatic rings. The number of fused-ring (bicyclic) bond motifs is 1. The number of anilines is 1. The first kappa shape index (κ1) is 21.0. The van der Waals surface area contributed by atoms with Gasteiger partial charge in [-0.2, -0.15) is 13.2 Å². The number of benzene rings is 1. The predicted octanol–water partition coefficient (Wildman–Crippen LogP) is 4.27. The molecule has 10 heteroatoms. The van der Waals surface area contributed by atoms with E-state index in [9.17, 15) is 22.8 Å². The Labute approximate surface area is 175 Å². The highest BCUT2D eigenvalue weighted by atomic mass is 19.4. The molecule has 0 saturated heterocycles. The van der Waals surface area contributed by atoms with Crippen molar-refractivity contribution in [3.63, 3.8) is 0 Å². The van der Waals surface area contributed by atoms with Gasteiger partial charge in [-0.1, -0.05) is 25.0 Å². The predicted molar refractivity (Wildman–Crippen MR) is 108 cm³/mol. The van der Waals surface area contributed by atoms with E-state index in [0.717, 1.165) is 17.4 Å². The van der Waals surface area contributed by atoms with Crippen LogP contribution in [0.5, 0.6) is 5.75 Å². The average molecular weight is 434 g/mol. The Bertz CT molecular complexity index is 1210. The number of para-hydroxylation sites is 2. The van der Waals surface area contributed by atoms with Crippen LogP contribution in [-0.2, 0) is 6.18 Å². The maximum atomic E-state index is 13.7. The third kappa shape index (κ3) is 3.66. The van der Waals surface area contributed by atoms with E-state index in [4.69, 9.17) is 4.74 Å². The van der Waals surface area contributed by atoms with Gasteiger partial charge in [-0.15, -0.1) is 0 Å². The van der Waals surface area contributed by atoms with Crippen molar-refractivity contribution in [2.45, 2.75) is 44.7 Å². The van der Waals surface area contributed by atoms with Gasteiger partial charge >= 0.3 is 6.18 Å². The van der Waals surface area contributed by atoms with Crippen molar-refractivity contribution in [2.24, 2.45) is 0 Å². The van der Waals surface area contributed by atoms with E-state index in [2.05, 4.69) is 15.4 Å². The zero-order valence-electron chi connectivity index (χ0n) is 17.0. The molecule has 164 valence electrons. The second-order valence-corrected chi connectivity index (χ2v) is 7.57. The molecule has 4 rings (SSSR count). The molecule has 1 amide bonds. The third-order valence-electron chi connectivity index (χ3n) is 5.63. The summed E-state index contributed by atoms with van der Waals surface area (Å²) < 4.78 is 47.1. The molecule has 7 nitrogen and oxygen atoms in total. The number of nitrogens with one attached hydrogen (secondary N) is 2. The summed E-state index contributed by atoms with van der Waals surface area (Å²) >= 11 is 0. The molecule has 0 radical (unpaired) electrons. The van der Waals surface area contributed by atoms with E-state index in [1.807, 2.05) is 0 Å². The van der Waals surface area contributed by atoms with Gasteiger partial charge in [-0.25, -0.2) is 9.50 Å². The molecule has 3 aromatic rings. The van der Waals surface area contributed by atoms with E-state index >= 15 is 0 Å². The third-order valence-corrected chi connectivity index (χ3v) is 5.63. The van der Waals surface area contributed by atoms with Crippen LogP contribution in [-0.4, -0.2) is 27.6 Å². The number of carbonyl (C=O) groups is 1. The molecule has 0 aliphatic heterocycles. The lowest BCUT2D eigenvalue weighted by molar-refractivity contribution is -0.142. The summed E-state index contributed by atoms with van der Waals surface area (Å²) in [4.78, 5) is 30.2. The summed E-state index contributed by atoms with van der Waals surface area (Å²) in [5.74, 6) is -0.734. The lowest BCUT2D eigenvalue weighted by atomic mass is 9.97. The Hall–Kier alpha value is -3.30. The number of halogens is 3. The Morgan fingerprint density at radius 3 is 2.58 bits per heavy atom. The molecule has 2 heterocycles. The number of rotatable bonds is 4. The number of carbonyl (C=O) groups excluding carboxylic acids is 1. The molecular formula is C21H21F3N4O3. The minimum absolute atomic E-state index is 0.00175. The summed E-state index contributed by atoms with van der Waals surface area (Å²) in [7, 11) is 1.43. The molecule has 2 aromatic heterocycles. The van der Waals surface area contributed by atoms with Crippen LogP contribution in [0.15, 0.2) is 29.1 Å². The van der Waals surface area contributed by atoms with Crippen molar-refractivity contribution >= 4 is 17.2 Å². The monoisotopic (exact) mass is 434 g/mol. The minimum atomic E-state index is -4.67. The van der Waals surface area contributed by atoms with E-state index in [0.29, 0.717) is 24.3 Å². The van der Waals surface area contributed by atoms with Gasteiger partial charge in [0.2, 0.25) is 0 Å². The molecule has 0 bridgehead atoms. The zero-order chi connectivity index (χ0) is 22.3. The lowest BCUT2D eigenvalue weighted by Crippen LogP contribution is -2.29. The molecule has 31 heavy (non-hydrogen) atoms. The molecule has 2 N–H and O–H groups in total. The van der Waals surface area contributed by atoms with Crippen LogP contribution in [0.2, 0.25) is 0 Å². The van der Waals surface area contributed by atoms with E-state index in [1.54, 1.807) is 24.3 Å². The molecule has 1 saturated carbocycles. The fraction of sp³-hybridized carbons (Fsp3) is 0.381. The van der Waals surface area contributed by atoms with Gasteiger partial charge in [0.1, 0.15) is 17.0 Å². The molecule has 1 fully saturated rings. The molecular weight excluding hydrogens is 413 g/mol. The second-order valence-electron chi connectivity index (χ2n) is 7.57. The topological polar surface area (TPSA) is 88.5 Å². The largest absolute Gasteiger partial charge is 0.495 e. The summed E-state index contributed by atoms with van der Waals surface area (Å²) in [6.07, 6.45) is -1.83. The standard InChI is InChI=1S/C21H21F3N4O3/c1-11-15(19(29)26-13-9-5-6-10-14(13)31-2)20(30)28-18(25-11)16(12-7-3-4-8-12)17(27-28)21(22,23)24/h5-6,9-10,12,27H,3-4,7-8H2,1-2H3,(H,26,29). The smallest absolute Gasteiger partial charge is 0.433 e. The van der Waals surface area contributed by atoms with Gasteiger partial charge in [0, 0.05) is 5.56 Å². The number of ether oxygens (including phenoxy) is 1. The van der Waals surface area contributed by atoms with E-state index < -0.39 is 23.3 Å². The van der Waals surface area contributed by atoms with Crippen LogP contribution in [0.3, 0.4) is 0 Å². The maximum Gasteiger partial charge on any atom is 0.433 e. The van der Waals surface area contributed by atoms with Gasteiger partial charge in [0.25, 0.3) is 11.5 Å². The maximum absolute atomic E-state index is 13.7. The van der Waals surface area contributed by atoms with Crippen molar-refractivity contribution in [1.29, 1.82) is 0 Å². The molecule has 0 unspecified atom stereocenters. The average Bonchev–Trinajstić information content (AvgIpc) is 3.35. The highest BCUT2D eigenvalue weighted by molar-refractivity contribution is 6.05. The van der Waals surface area contributed by atoms with Gasteiger partial charge in [-0.05, 0) is 37.8 Å². The SMILES string of the molecule is COc1ccccc1NC(=O)c1c(C)nc2c(C3CCCC3)c(C(F)(F)F)[nH]n2c1=O. The zero-order valence-corrected chi connectivity index (χ0v) is 17.0. The van der Waals surface area contributed by atoms with Crippen LogP contribution in [0.1, 0.15) is 58.9 Å². The van der Waals surface area contributed by atoms with Crippen molar-refractivity contribution in [1.82, 2.24) is 14.6 Å². The molecule has 1 aromatic carbocycles. The molecule has 1 aliphatic carbocycles. The number of hydrogen-bond donors (Lipinski definition) is 2. The van der Waals surface area contributed by atoms with Crippen LogP contribution in [0, 0.1) is 6.92 Å². The Morgan fingerprint density at radius 2 is 1.94 bits per heavy atom. The van der Waals surface area contributed by atoms with Crippen molar-refractivity contribution < 1.29 is 22.7 Å². The Kier molecular flexibility index (Phi) is 5.24. The fourth-order valence-electron chi connectivity index (χ4n) is 4.21. The number of hydrogen-bond acceptors (Lipinski definition) is 4. The van der Waals surface area contributed by atoms with Gasteiger partial charge in [0.15, 0.2) is 5.65 Å². The normalized spacial score (nSPS) is 14.9. The number of alkyl halides is 3. The van der Waals surface area contributed by atoms with Crippen LogP contribution in [0.25, 0.3) is 5.65 Å². The van der Waals surface area contributed by atoms with Crippen molar-refractivity contribution in [3.05, 3.63) is 57.1 Å². The quantitative estimate of drug-likeness (QED) is 0.642. The number of H-pyrrole nitrogens is 1. The van der Waals surface area contributed by atoms with Crippen LogP contribution >= 0.6 is 0 Å². The van der Waals surface area contributed by atoms with Crippen molar-refractivity contribution in [2.75, 3.05) is 12.4 Å². The number of aromatic amines is 1.